The van der Waals surface area contributed by atoms with E-state index in [1.165, 1.54) is 6.07 Å². The third-order valence-corrected chi connectivity index (χ3v) is 3.28. The van der Waals surface area contributed by atoms with Gasteiger partial charge in [-0.25, -0.2) is 9.78 Å². The van der Waals surface area contributed by atoms with Crippen LogP contribution in [-0.2, 0) is 11.3 Å². The van der Waals surface area contributed by atoms with Crippen molar-refractivity contribution < 1.29 is 18.8 Å². The number of ether oxygens (including phenoxy) is 2. The molecule has 0 aliphatic carbocycles. The summed E-state index contributed by atoms with van der Waals surface area (Å²) < 4.78 is 16.8. The molecule has 124 valence electrons. The summed E-state index contributed by atoms with van der Waals surface area (Å²) in [4.78, 5) is 28.2. The van der Waals surface area contributed by atoms with E-state index in [0.29, 0.717) is 35.0 Å². The van der Waals surface area contributed by atoms with Gasteiger partial charge < -0.3 is 14.0 Å². The maximum atomic E-state index is 12.0. The van der Waals surface area contributed by atoms with Crippen LogP contribution < -0.4 is 10.3 Å². The molecule has 0 unspecified atom stereocenters. The molecule has 0 saturated heterocycles. The molecule has 0 fully saturated rings. The lowest BCUT2D eigenvalue weighted by Gasteiger charge is -2.06. The number of carbonyl (C=O) groups excluding carboxylic acids is 1. The van der Waals surface area contributed by atoms with Gasteiger partial charge in [-0.2, -0.15) is 0 Å². The second-order valence-electron chi connectivity index (χ2n) is 5.12. The summed E-state index contributed by atoms with van der Waals surface area (Å²) in [5.74, 6) is 0.760. The fraction of sp³-hybridized carbons (Fsp3) is 0.235. The van der Waals surface area contributed by atoms with E-state index in [4.69, 9.17) is 14.0 Å². The number of carbonyl (C=O) groups is 1. The van der Waals surface area contributed by atoms with E-state index in [9.17, 15) is 9.59 Å². The summed E-state index contributed by atoms with van der Waals surface area (Å²) in [5, 5.41) is 0. The highest BCUT2D eigenvalue weighted by atomic mass is 16.5. The van der Waals surface area contributed by atoms with Gasteiger partial charge in [0.1, 0.15) is 18.1 Å². The molecule has 0 amide bonds. The zero-order valence-corrected chi connectivity index (χ0v) is 13.3. The topological polar surface area (TPSA) is 83.0 Å². The Labute approximate surface area is 137 Å². The minimum absolute atomic E-state index is 0.0952. The first-order valence-corrected chi connectivity index (χ1v) is 7.46. The summed E-state index contributed by atoms with van der Waals surface area (Å²) in [6, 6.07) is 9.56. The van der Waals surface area contributed by atoms with Crippen LogP contribution in [0, 0.1) is 6.92 Å². The van der Waals surface area contributed by atoms with Crippen LogP contribution in [0.4, 0.5) is 0 Å². The molecule has 0 spiro atoms. The second kappa shape index (κ2) is 6.57. The number of benzene rings is 1. The van der Waals surface area contributed by atoms with Crippen LogP contribution in [0.2, 0.25) is 0 Å². The summed E-state index contributed by atoms with van der Waals surface area (Å²) in [7, 11) is 0. The number of nitrogens with zero attached hydrogens (tertiary/aromatic N) is 2. The first-order chi connectivity index (χ1) is 11.6. The number of aryl methyl sites for hydroxylation is 1. The Balaban J connectivity index is 1.70. The number of rotatable bonds is 5. The van der Waals surface area contributed by atoms with Gasteiger partial charge in [0.15, 0.2) is 5.65 Å². The van der Waals surface area contributed by atoms with E-state index in [2.05, 4.69) is 4.98 Å². The number of aromatic nitrogens is 2. The van der Waals surface area contributed by atoms with Crippen molar-refractivity contribution in [3.05, 3.63) is 63.8 Å². The molecule has 0 atom stereocenters. The maximum Gasteiger partial charge on any atom is 0.338 e. The number of esters is 1. The summed E-state index contributed by atoms with van der Waals surface area (Å²) >= 11 is 0. The van der Waals surface area contributed by atoms with Gasteiger partial charge in [-0.15, -0.1) is 4.57 Å². The lowest BCUT2D eigenvalue weighted by Crippen LogP contribution is -2.15. The molecule has 0 aliphatic heterocycles. The van der Waals surface area contributed by atoms with Crippen LogP contribution in [0.15, 0.2) is 45.7 Å². The van der Waals surface area contributed by atoms with Gasteiger partial charge in [-0.1, -0.05) is 0 Å². The van der Waals surface area contributed by atoms with Crippen LogP contribution >= 0.6 is 0 Å². The standard InChI is InChI=1S/C17H16N2O5/c1-3-22-14-6-4-12(5-7-14)17(21)23-10-13-9-16(20)19-15(18-13)8-11(2)24-19/h4-9H,3,10H2,1-2H3. The van der Waals surface area contributed by atoms with E-state index in [1.807, 2.05) is 6.92 Å². The molecule has 0 bridgehead atoms. The molecule has 0 aliphatic rings. The minimum atomic E-state index is -0.497. The van der Waals surface area contributed by atoms with Crippen LogP contribution in [0.1, 0.15) is 28.7 Å². The molecule has 0 saturated carbocycles. The summed E-state index contributed by atoms with van der Waals surface area (Å²) in [6.07, 6.45) is 0. The Morgan fingerprint density at radius 2 is 2.00 bits per heavy atom. The smallest absolute Gasteiger partial charge is 0.338 e. The van der Waals surface area contributed by atoms with E-state index in [0.717, 1.165) is 4.57 Å². The van der Waals surface area contributed by atoms with Crippen molar-refractivity contribution >= 4 is 11.6 Å². The Hall–Kier alpha value is -3.09. The highest BCUT2D eigenvalue weighted by molar-refractivity contribution is 5.89. The highest BCUT2D eigenvalue weighted by Gasteiger charge is 2.11. The van der Waals surface area contributed by atoms with E-state index in [-0.39, 0.29) is 12.2 Å². The lowest BCUT2D eigenvalue weighted by molar-refractivity contribution is 0.0467. The summed E-state index contributed by atoms with van der Waals surface area (Å²) in [5.41, 5.74) is 0.780. The Morgan fingerprint density at radius 1 is 1.25 bits per heavy atom. The minimum Gasteiger partial charge on any atom is -0.494 e. The predicted octanol–water partition coefficient (Wildman–Crippen LogP) is 2.35. The van der Waals surface area contributed by atoms with Crippen molar-refractivity contribution in [1.82, 2.24) is 9.56 Å². The zero-order valence-electron chi connectivity index (χ0n) is 13.3. The molecule has 3 aromatic rings. The van der Waals surface area contributed by atoms with Gasteiger partial charge in [0.25, 0.3) is 5.56 Å². The Morgan fingerprint density at radius 3 is 2.71 bits per heavy atom. The largest absolute Gasteiger partial charge is 0.494 e. The molecule has 7 nitrogen and oxygen atoms in total. The van der Waals surface area contributed by atoms with Crippen molar-refractivity contribution in [2.75, 3.05) is 6.61 Å². The van der Waals surface area contributed by atoms with Crippen LogP contribution in [-0.4, -0.2) is 22.1 Å². The van der Waals surface area contributed by atoms with E-state index in [1.54, 1.807) is 37.3 Å². The molecule has 2 heterocycles. The highest BCUT2D eigenvalue weighted by Crippen LogP contribution is 2.13. The third-order valence-electron chi connectivity index (χ3n) is 3.28. The number of hydrogen-bond donors (Lipinski definition) is 0. The van der Waals surface area contributed by atoms with Crippen molar-refractivity contribution in [3.8, 4) is 5.75 Å². The van der Waals surface area contributed by atoms with Gasteiger partial charge in [0.2, 0.25) is 0 Å². The van der Waals surface area contributed by atoms with Gasteiger partial charge in [0, 0.05) is 12.1 Å². The van der Waals surface area contributed by atoms with Gasteiger partial charge in [0.05, 0.1) is 17.9 Å². The Bertz CT molecular complexity index is 924. The zero-order chi connectivity index (χ0) is 17.1. The van der Waals surface area contributed by atoms with Gasteiger partial charge in [-0.05, 0) is 38.1 Å². The first-order valence-electron chi connectivity index (χ1n) is 7.46. The molecular formula is C17H16N2O5. The monoisotopic (exact) mass is 328 g/mol. The number of fused-ring (bicyclic) bond motifs is 1. The average molecular weight is 328 g/mol. The van der Waals surface area contributed by atoms with E-state index >= 15 is 0 Å². The van der Waals surface area contributed by atoms with Crippen molar-refractivity contribution in [2.45, 2.75) is 20.5 Å². The average Bonchev–Trinajstić information content (AvgIpc) is 2.94. The first kappa shape index (κ1) is 15.8. The van der Waals surface area contributed by atoms with E-state index < -0.39 is 5.97 Å². The molecule has 1 aromatic carbocycles. The van der Waals surface area contributed by atoms with Gasteiger partial charge >= 0.3 is 5.97 Å². The van der Waals surface area contributed by atoms with Crippen molar-refractivity contribution in [3.63, 3.8) is 0 Å². The molecular weight excluding hydrogens is 312 g/mol. The third kappa shape index (κ3) is 3.29. The fourth-order valence-electron chi connectivity index (χ4n) is 2.22. The molecule has 24 heavy (non-hydrogen) atoms. The number of hydrogen-bond acceptors (Lipinski definition) is 6. The molecule has 3 rings (SSSR count). The van der Waals surface area contributed by atoms with Crippen molar-refractivity contribution in [2.24, 2.45) is 0 Å². The van der Waals surface area contributed by atoms with Crippen LogP contribution in [0.5, 0.6) is 5.75 Å². The molecule has 2 aromatic heterocycles. The fourth-order valence-corrected chi connectivity index (χ4v) is 2.22. The SMILES string of the molecule is CCOc1ccc(C(=O)OCc2cc(=O)n3oc(C)cc3n2)cc1. The molecule has 7 heteroatoms. The molecule has 0 radical (unpaired) electrons. The maximum absolute atomic E-state index is 12.0. The molecule has 0 N–H and O–H groups in total. The van der Waals surface area contributed by atoms with Crippen LogP contribution in [0.3, 0.4) is 0 Å². The quantitative estimate of drug-likeness (QED) is 0.669. The predicted molar refractivity (Wildman–Crippen MR) is 85.2 cm³/mol. The Kier molecular flexibility index (Phi) is 4.33. The summed E-state index contributed by atoms with van der Waals surface area (Å²) in [6.45, 7) is 4.07. The second-order valence-corrected chi connectivity index (χ2v) is 5.12. The lowest BCUT2D eigenvalue weighted by atomic mass is 10.2. The van der Waals surface area contributed by atoms with Crippen molar-refractivity contribution in [1.29, 1.82) is 0 Å². The van der Waals surface area contributed by atoms with Crippen LogP contribution in [0.25, 0.3) is 5.65 Å². The normalized spacial score (nSPS) is 10.8. The van der Waals surface area contributed by atoms with Gasteiger partial charge in [-0.3, -0.25) is 4.79 Å².